The zero-order valence-electron chi connectivity index (χ0n) is 34.2. The number of hydrogen-bond acceptors (Lipinski definition) is 1. The number of aromatic nitrogens is 1. The van der Waals surface area contributed by atoms with Crippen LogP contribution in [0.1, 0.15) is 17.9 Å². The molecule has 0 radical (unpaired) electrons. The maximum absolute atomic E-state index is 2.45. The van der Waals surface area contributed by atoms with Gasteiger partial charge in [0.15, 0.2) is 0 Å². The van der Waals surface area contributed by atoms with Gasteiger partial charge in [-0.15, -0.1) is 0 Å². The highest BCUT2D eigenvalue weighted by molar-refractivity contribution is 6.12. The Hall–Kier alpha value is -7.94. The summed E-state index contributed by atoms with van der Waals surface area (Å²) in [6.45, 7) is 0. The fourth-order valence-electron chi connectivity index (χ4n) is 9.86. The fraction of sp³-hybridized carbons (Fsp3) is 0.0333. The molecule has 0 saturated carbocycles. The molecule has 0 saturated heterocycles. The summed E-state index contributed by atoms with van der Waals surface area (Å²) in [4.78, 5) is 2.45. The third-order valence-corrected chi connectivity index (χ3v) is 12.9. The summed E-state index contributed by atoms with van der Waals surface area (Å²) in [5.41, 5.74) is 20.9. The van der Waals surface area contributed by atoms with Crippen molar-refractivity contribution in [3.8, 4) is 61.3 Å². The molecule has 10 aromatic rings. The third-order valence-electron chi connectivity index (χ3n) is 12.9. The van der Waals surface area contributed by atoms with Gasteiger partial charge in [0.05, 0.1) is 11.0 Å². The van der Waals surface area contributed by atoms with E-state index in [1.54, 1.807) is 0 Å². The Morgan fingerprint density at radius 3 is 1.42 bits per heavy atom. The van der Waals surface area contributed by atoms with E-state index >= 15 is 0 Å². The molecule has 0 bridgehead atoms. The highest BCUT2D eigenvalue weighted by Crippen LogP contribution is 2.51. The van der Waals surface area contributed by atoms with Gasteiger partial charge < -0.3 is 9.47 Å². The van der Waals surface area contributed by atoms with Gasteiger partial charge in [0.2, 0.25) is 0 Å². The number of allylic oxidation sites excluding steroid dienone is 4. The molecule has 0 N–H and O–H groups in total. The lowest BCUT2D eigenvalue weighted by Crippen LogP contribution is -2.14. The number of benzene rings is 9. The molecule has 12 rings (SSSR count). The first-order valence-corrected chi connectivity index (χ1v) is 21.6. The summed E-state index contributed by atoms with van der Waals surface area (Å²) in [5, 5.41) is 2.49. The minimum absolute atomic E-state index is 0.335. The minimum Gasteiger partial charge on any atom is -0.313 e. The van der Waals surface area contributed by atoms with E-state index in [2.05, 4.69) is 246 Å². The van der Waals surface area contributed by atoms with E-state index in [-0.39, 0.29) is 0 Å². The number of para-hydroxylation sites is 1. The van der Waals surface area contributed by atoms with Crippen LogP contribution >= 0.6 is 0 Å². The predicted molar refractivity (Wildman–Crippen MR) is 261 cm³/mol. The van der Waals surface area contributed by atoms with Crippen molar-refractivity contribution in [3.05, 3.63) is 248 Å². The van der Waals surface area contributed by atoms with Crippen molar-refractivity contribution in [3.63, 3.8) is 0 Å². The summed E-state index contributed by atoms with van der Waals surface area (Å²) in [6, 6.07) is 80.1. The van der Waals surface area contributed by atoms with Crippen LogP contribution in [0.5, 0.6) is 0 Å². The van der Waals surface area contributed by atoms with Gasteiger partial charge in [-0.3, -0.25) is 0 Å². The van der Waals surface area contributed by atoms with Crippen LogP contribution in [-0.2, 0) is 0 Å². The average Bonchev–Trinajstić information content (AvgIpc) is 3.87. The lowest BCUT2D eigenvalue weighted by molar-refractivity contribution is 0.820. The van der Waals surface area contributed by atoms with Crippen molar-refractivity contribution in [1.82, 2.24) is 4.57 Å². The van der Waals surface area contributed by atoms with Crippen LogP contribution < -0.4 is 4.90 Å². The Kier molecular flexibility index (Phi) is 8.67. The predicted octanol–water partition coefficient (Wildman–Crippen LogP) is 16.2. The largest absolute Gasteiger partial charge is 0.313 e. The number of anilines is 2. The van der Waals surface area contributed by atoms with E-state index < -0.39 is 0 Å². The number of rotatable bonds is 7. The van der Waals surface area contributed by atoms with Crippen molar-refractivity contribution < 1.29 is 0 Å². The second kappa shape index (κ2) is 15.0. The van der Waals surface area contributed by atoms with Gasteiger partial charge >= 0.3 is 0 Å². The Morgan fingerprint density at radius 1 is 0.355 bits per heavy atom. The van der Waals surface area contributed by atoms with Crippen molar-refractivity contribution in [2.24, 2.45) is 0 Å². The van der Waals surface area contributed by atoms with E-state index in [1.165, 1.54) is 100 Å². The van der Waals surface area contributed by atoms with Crippen LogP contribution in [0.25, 0.3) is 83.1 Å². The third kappa shape index (κ3) is 6.19. The molecule has 0 amide bonds. The Labute approximate surface area is 362 Å². The van der Waals surface area contributed by atoms with Crippen LogP contribution in [0.3, 0.4) is 0 Å². The lowest BCUT2D eigenvalue weighted by Gasteiger charge is -2.24. The van der Waals surface area contributed by atoms with Gasteiger partial charge in [0.1, 0.15) is 0 Å². The Balaban J connectivity index is 0.969. The standard InChI is InChI=1S/C60H42N2/c1-4-15-41(16-5-1)43-19-12-20-44(35-43)45-21-13-22-46(36-45)47-23-14-26-52(37-47)62-59-32-29-48(42-17-6-2-7-18-42)38-55(59)56-40-50(31-34-60(56)62)49-30-33-58-54(39-49)53-27-10-11-28-57(53)61(58)51-24-8-3-9-25-51/h1-26,28-40,53H,27H2. The molecule has 2 heteroatoms. The summed E-state index contributed by atoms with van der Waals surface area (Å²) in [6.07, 6.45) is 7.82. The van der Waals surface area contributed by atoms with Crippen LogP contribution in [0, 0.1) is 0 Å². The van der Waals surface area contributed by atoms with Crippen LogP contribution in [-0.4, -0.2) is 4.57 Å². The zero-order chi connectivity index (χ0) is 41.0. The maximum atomic E-state index is 2.45. The second-order valence-electron chi connectivity index (χ2n) is 16.5. The SMILES string of the molecule is C1=CCC2C(=C1)N(c1ccccc1)c1ccc(-c3ccc4c(c3)c3cc(-c5ccccc5)ccc3n4-c3cccc(-c4cccc(-c5cccc(-c6ccccc6)c5)c4)c3)cc12. The summed E-state index contributed by atoms with van der Waals surface area (Å²) < 4.78 is 2.45. The first-order valence-electron chi connectivity index (χ1n) is 21.6. The van der Waals surface area contributed by atoms with E-state index in [0.29, 0.717) is 5.92 Å². The number of hydrogen-bond donors (Lipinski definition) is 0. The minimum atomic E-state index is 0.335. The fourth-order valence-corrected chi connectivity index (χ4v) is 9.86. The van der Waals surface area contributed by atoms with Gasteiger partial charge in [-0.25, -0.2) is 0 Å². The number of fused-ring (bicyclic) bond motifs is 6. The van der Waals surface area contributed by atoms with E-state index in [0.717, 1.165) is 12.1 Å². The number of nitrogens with zero attached hydrogens (tertiary/aromatic N) is 2. The molecule has 62 heavy (non-hydrogen) atoms. The summed E-state index contributed by atoms with van der Waals surface area (Å²) in [7, 11) is 0. The first-order chi connectivity index (χ1) is 30.7. The normalized spacial score (nSPS) is 14.2. The van der Waals surface area contributed by atoms with Gasteiger partial charge in [0, 0.05) is 39.4 Å². The Morgan fingerprint density at radius 2 is 0.806 bits per heavy atom. The molecule has 0 fully saturated rings. The first kappa shape index (κ1) is 36.0. The molecule has 1 aromatic heterocycles. The molecule has 2 heterocycles. The van der Waals surface area contributed by atoms with Gasteiger partial charge in [-0.2, -0.15) is 0 Å². The van der Waals surface area contributed by atoms with E-state index in [9.17, 15) is 0 Å². The molecular weight excluding hydrogens is 749 g/mol. The maximum Gasteiger partial charge on any atom is 0.0541 e. The molecule has 1 unspecified atom stereocenters. The average molecular weight is 791 g/mol. The van der Waals surface area contributed by atoms with Crippen molar-refractivity contribution in [2.75, 3.05) is 4.90 Å². The van der Waals surface area contributed by atoms with E-state index in [4.69, 9.17) is 0 Å². The molecule has 2 aliphatic rings. The summed E-state index contributed by atoms with van der Waals surface area (Å²) >= 11 is 0. The molecule has 292 valence electrons. The second-order valence-corrected chi connectivity index (χ2v) is 16.5. The molecular formula is C60H42N2. The van der Waals surface area contributed by atoms with Crippen molar-refractivity contribution in [2.45, 2.75) is 12.3 Å². The molecule has 0 spiro atoms. The van der Waals surface area contributed by atoms with Gasteiger partial charge in [0.25, 0.3) is 0 Å². The van der Waals surface area contributed by atoms with E-state index in [1.807, 2.05) is 0 Å². The van der Waals surface area contributed by atoms with Crippen molar-refractivity contribution >= 4 is 33.2 Å². The molecule has 1 atom stereocenters. The highest BCUT2D eigenvalue weighted by atomic mass is 15.2. The smallest absolute Gasteiger partial charge is 0.0541 e. The zero-order valence-corrected chi connectivity index (χ0v) is 34.2. The van der Waals surface area contributed by atoms with Gasteiger partial charge in [-0.05, 0) is 146 Å². The lowest BCUT2D eigenvalue weighted by atomic mass is 9.90. The molecule has 1 aliphatic carbocycles. The quantitative estimate of drug-likeness (QED) is 0.156. The molecule has 2 nitrogen and oxygen atoms in total. The van der Waals surface area contributed by atoms with Crippen molar-refractivity contribution in [1.29, 1.82) is 0 Å². The Bertz CT molecular complexity index is 3370. The van der Waals surface area contributed by atoms with Crippen LogP contribution in [0.15, 0.2) is 242 Å². The monoisotopic (exact) mass is 790 g/mol. The summed E-state index contributed by atoms with van der Waals surface area (Å²) in [5.74, 6) is 0.335. The van der Waals surface area contributed by atoms with Crippen LogP contribution in [0.4, 0.5) is 11.4 Å². The van der Waals surface area contributed by atoms with Crippen LogP contribution in [0.2, 0.25) is 0 Å². The molecule has 9 aromatic carbocycles. The molecule has 1 aliphatic heterocycles. The highest BCUT2D eigenvalue weighted by Gasteiger charge is 2.35. The van der Waals surface area contributed by atoms with Gasteiger partial charge in [-0.1, -0.05) is 158 Å². The topological polar surface area (TPSA) is 8.17 Å².